The van der Waals surface area contributed by atoms with Crippen LogP contribution in [-0.4, -0.2) is 59.9 Å². The molecule has 0 spiro atoms. The number of halogens is 1. The summed E-state index contributed by atoms with van der Waals surface area (Å²) >= 11 is 1.76. The Hall–Kier alpha value is -1.26. The molecule has 2 aromatic rings. The van der Waals surface area contributed by atoms with Crippen molar-refractivity contribution in [3.8, 4) is 0 Å². The van der Waals surface area contributed by atoms with Crippen molar-refractivity contribution in [1.29, 1.82) is 0 Å². The number of nitrogens with one attached hydrogen (secondary N) is 1. The highest BCUT2D eigenvalue weighted by atomic mass is 127. The number of aliphatic imine (C=N–C) groups is 1. The van der Waals surface area contributed by atoms with E-state index in [4.69, 9.17) is 9.52 Å². The van der Waals surface area contributed by atoms with Gasteiger partial charge in [-0.2, -0.15) is 0 Å². The van der Waals surface area contributed by atoms with Crippen LogP contribution in [0.2, 0.25) is 0 Å². The van der Waals surface area contributed by atoms with Crippen LogP contribution >= 0.6 is 35.7 Å². The third-order valence-electron chi connectivity index (χ3n) is 4.45. The van der Waals surface area contributed by atoms with Gasteiger partial charge in [-0.05, 0) is 30.9 Å². The van der Waals surface area contributed by atoms with E-state index in [2.05, 4.69) is 57.7 Å². The van der Waals surface area contributed by atoms with E-state index >= 15 is 0 Å². The highest BCUT2D eigenvalue weighted by Gasteiger charge is 2.20. The van der Waals surface area contributed by atoms with Crippen molar-refractivity contribution < 1.29 is 4.52 Å². The fourth-order valence-electron chi connectivity index (χ4n) is 2.99. The summed E-state index contributed by atoms with van der Waals surface area (Å²) in [6.07, 6.45) is 3.73. The smallest absolute Gasteiger partial charge is 0.194 e. The Morgan fingerprint density at radius 1 is 1.19 bits per heavy atom. The van der Waals surface area contributed by atoms with Crippen LogP contribution in [0.1, 0.15) is 18.2 Å². The number of guanidine groups is 1. The van der Waals surface area contributed by atoms with E-state index in [-0.39, 0.29) is 24.0 Å². The number of aromatic nitrogens is 1. The van der Waals surface area contributed by atoms with Gasteiger partial charge in [0.1, 0.15) is 6.26 Å². The molecule has 0 radical (unpaired) electrons. The van der Waals surface area contributed by atoms with Crippen LogP contribution in [0.5, 0.6) is 0 Å². The number of hydrogen-bond donors (Lipinski definition) is 1. The molecule has 1 aliphatic heterocycles. The number of thioether (sulfide) groups is 1. The van der Waals surface area contributed by atoms with E-state index < -0.39 is 0 Å². The van der Waals surface area contributed by atoms with Crippen LogP contribution in [-0.2, 0) is 13.1 Å². The second kappa shape index (κ2) is 11.6. The van der Waals surface area contributed by atoms with E-state index in [1.165, 1.54) is 10.5 Å². The lowest BCUT2D eigenvalue weighted by Crippen LogP contribution is -2.52. The molecule has 6 nitrogen and oxygen atoms in total. The predicted octanol–water partition coefficient (Wildman–Crippen LogP) is 3.30. The first-order valence-corrected chi connectivity index (χ1v) is 10.3. The number of piperazine rings is 1. The zero-order valence-corrected chi connectivity index (χ0v) is 19.1. The monoisotopic (exact) mass is 501 g/mol. The topological polar surface area (TPSA) is 56.9 Å². The van der Waals surface area contributed by atoms with Crippen LogP contribution in [0.25, 0.3) is 0 Å². The van der Waals surface area contributed by atoms with Crippen molar-refractivity contribution in [1.82, 2.24) is 20.3 Å². The predicted molar refractivity (Wildman–Crippen MR) is 122 cm³/mol. The Bertz CT molecular complexity index is 685. The first-order chi connectivity index (χ1) is 12.8. The molecule has 1 fully saturated rings. The van der Waals surface area contributed by atoms with Crippen LogP contribution in [0, 0.1) is 0 Å². The van der Waals surface area contributed by atoms with E-state index in [1.807, 2.05) is 6.07 Å². The maximum atomic E-state index is 4.92. The number of rotatable bonds is 6. The molecular formula is C19H28IN5OS. The zero-order chi connectivity index (χ0) is 18.2. The lowest BCUT2D eigenvalue weighted by molar-refractivity contribution is 0.169. The first kappa shape index (κ1) is 22.0. The number of benzene rings is 1. The molecule has 0 amide bonds. The molecule has 1 aromatic carbocycles. The summed E-state index contributed by atoms with van der Waals surface area (Å²) in [6, 6.07) is 10.6. The van der Waals surface area contributed by atoms with E-state index in [9.17, 15) is 0 Å². The van der Waals surface area contributed by atoms with Crippen LogP contribution < -0.4 is 5.32 Å². The Balaban J connectivity index is 0.00000261. The van der Waals surface area contributed by atoms with Crippen molar-refractivity contribution in [2.24, 2.45) is 4.99 Å². The molecule has 0 saturated carbocycles. The normalized spacial score (nSPS) is 15.5. The van der Waals surface area contributed by atoms with Gasteiger partial charge in [-0.1, -0.05) is 17.3 Å². The second-order valence-electron chi connectivity index (χ2n) is 6.27. The van der Waals surface area contributed by atoms with Gasteiger partial charge in [-0.3, -0.25) is 4.90 Å². The van der Waals surface area contributed by atoms with Gasteiger partial charge in [0.05, 0.1) is 12.2 Å². The summed E-state index contributed by atoms with van der Waals surface area (Å²) < 4.78 is 4.92. The average Bonchev–Trinajstić information content (AvgIpc) is 3.19. The third kappa shape index (κ3) is 6.69. The summed E-state index contributed by atoms with van der Waals surface area (Å²) in [4.78, 5) is 10.9. The molecule has 0 aliphatic carbocycles. The lowest BCUT2D eigenvalue weighted by Gasteiger charge is -2.36. The van der Waals surface area contributed by atoms with Crippen molar-refractivity contribution in [2.45, 2.75) is 24.9 Å². The summed E-state index contributed by atoms with van der Waals surface area (Å²) in [5.41, 5.74) is 2.23. The average molecular weight is 501 g/mol. The molecule has 0 atom stereocenters. The molecule has 0 bridgehead atoms. The third-order valence-corrected chi connectivity index (χ3v) is 5.20. The molecule has 2 heterocycles. The fourth-order valence-corrected chi connectivity index (χ4v) is 3.40. The molecule has 1 aromatic heterocycles. The molecule has 8 heteroatoms. The fraction of sp³-hybridized carbons (Fsp3) is 0.474. The van der Waals surface area contributed by atoms with E-state index in [0.29, 0.717) is 6.54 Å². The Kier molecular flexibility index (Phi) is 9.43. The van der Waals surface area contributed by atoms with Gasteiger partial charge in [0.15, 0.2) is 5.96 Å². The van der Waals surface area contributed by atoms with E-state index in [1.54, 1.807) is 18.0 Å². The van der Waals surface area contributed by atoms with Gasteiger partial charge in [-0.15, -0.1) is 35.7 Å². The highest BCUT2D eigenvalue weighted by Crippen LogP contribution is 2.15. The molecule has 27 heavy (non-hydrogen) atoms. The van der Waals surface area contributed by atoms with Crippen molar-refractivity contribution in [2.75, 3.05) is 39.0 Å². The van der Waals surface area contributed by atoms with Gasteiger partial charge in [0.2, 0.25) is 0 Å². The SMILES string of the molecule is CCNC(=NCc1ccc(SC)cc1)N1CCN(Cc2ccon2)CC1.I. The van der Waals surface area contributed by atoms with Crippen LogP contribution in [0.15, 0.2) is 51.0 Å². The summed E-state index contributed by atoms with van der Waals surface area (Å²) in [6.45, 7) is 8.48. The maximum absolute atomic E-state index is 4.92. The highest BCUT2D eigenvalue weighted by molar-refractivity contribution is 14.0. The van der Waals surface area contributed by atoms with E-state index in [0.717, 1.165) is 50.9 Å². The molecule has 1 saturated heterocycles. The summed E-state index contributed by atoms with van der Waals surface area (Å²) in [5, 5.41) is 7.43. The second-order valence-corrected chi connectivity index (χ2v) is 7.15. The molecule has 1 N–H and O–H groups in total. The molecular weight excluding hydrogens is 473 g/mol. The summed E-state index contributed by atoms with van der Waals surface area (Å²) in [5.74, 6) is 1.00. The number of hydrogen-bond acceptors (Lipinski definition) is 5. The Morgan fingerprint density at radius 2 is 1.93 bits per heavy atom. The van der Waals surface area contributed by atoms with Gasteiger partial charge in [0, 0.05) is 50.2 Å². The van der Waals surface area contributed by atoms with Gasteiger partial charge in [-0.25, -0.2) is 4.99 Å². The zero-order valence-electron chi connectivity index (χ0n) is 15.9. The van der Waals surface area contributed by atoms with Crippen molar-refractivity contribution in [3.63, 3.8) is 0 Å². The van der Waals surface area contributed by atoms with Crippen molar-refractivity contribution in [3.05, 3.63) is 47.9 Å². The standard InChI is InChI=1S/C19H27N5OS.HI/c1-3-20-19(21-14-16-4-6-18(26-2)7-5-16)24-11-9-23(10-12-24)15-17-8-13-25-22-17;/h4-8,13H,3,9-12,14-15H2,1-2H3,(H,20,21);1H. The van der Waals surface area contributed by atoms with Gasteiger partial charge in [0.25, 0.3) is 0 Å². The first-order valence-electron chi connectivity index (χ1n) is 9.06. The minimum absolute atomic E-state index is 0. The molecule has 0 unspecified atom stereocenters. The minimum Gasteiger partial charge on any atom is -0.364 e. The van der Waals surface area contributed by atoms with Gasteiger partial charge < -0.3 is 14.7 Å². The molecule has 148 valence electrons. The molecule has 1 aliphatic rings. The Labute approximate surface area is 182 Å². The van der Waals surface area contributed by atoms with Crippen molar-refractivity contribution >= 4 is 41.7 Å². The summed E-state index contributed by atoms with van der Waals surface area (Å²) in [7, 11) is 0. The van der Waals surface area contributed by atoms with Crippen LogP contribution in [0.4, 0.5) is 0 Å². The minimum atomic E-state index is 0. The van der Waals surface area contributed by atoms with Crippen LogP contribution in [0.3, 0.4) is 0 Å². The quantitative estimate of drug-likeness (QED) is 0.284. The van der Waals surface area contributed by atoms with Gasteiger partial charge >= 0.3 is 0 Å². The molecule has 3 rings (SSSR count). The number of nitrogens with zero attached hydrogens (tertiary/aromatic N) is 4. The lowest BCUT2D eigenvalue weighted by atomic mass is 10.2. The Morgan fingerprint density at radius 3 is 2.52 bits per heavy atom. The largest absolute Gasteiger partial charge is 0.364 e. The maximum Gasteiger partial charge on any atom is 0.194 e.